The van der Waals surface area contributed by atoms with E-state index in [2.05, 4.69) is 0 Å². The number of carboxylic acids is 1. The quantitative estimate of drug-likeness (QED) is 0.568. The van der Waals surface area contributed by atoms with Gasteiger partial charge in [-0.25, -0.2) is 4.79 Å². The molecule has 0 atom stereocenters. The van der Waals surface area contributed by atoms with Crippen LogP contribution >= 0.6 is 23.2 Å². The molecule has 0 aromatic heterocycles. The summed E-state index contributed by atoms with van der Waals surface area (Å²) in [4.78, 5) is 30.3. The first-order valence-electron chi connectivity index (χ1n) is 7.02. The van der Waals surface area contributed by atoms with Crippen LogP contribution in [0.4, 0.5) is 11.4 Å². The normalized spacial score (nSPS) is 9.59. The zero-order valence-corrected chi connectivity index (χ0v) is 15.4. The second kappa shape index (κ2) is 8.93. The number of carboxylic acid groups (broad SMARTS) is 1. The Bertz CT molecular complexity index is 939. The molecular weight excluding hydrogens is 401 g/mol. The number of hydrogen-bond donors (Lipinski definition) is 1. The van der Waals surface area contributed by atoms with Crippen molar-refractivity contribution in [2.75, 3.05) is 0 Å². The van der Waals surface area contributed by atoms with Crippen molar-refractivity contribution in [2.45, 2.75) is 13.8 Å². The molecule has 0 aliphatic heterocycles. The van der Waals surface area contributed by atoms with Crippen molar-refractivity contribution in [3.05, 3.63) is 76.8 Å². The number of hydrogen-bond acceptors (Lipinski definition) is 6. The van der Waals surface area contributed by atoms with E-state index in [0.29, 0.717) is 5.56 Å². The Morgan fingerprint density at radius 3 is 1.78 bits per heavy atom. The fourth-order valence-electron chi connectivity index (χ4n) is 2.08. The van der Waals surface area contributed by atoms with E-state index in [9.17, 15) is 25.0 Å². The van der Waals surface area contributed by atoms with Gasteiger partial charge in [0.2, 0.25) is 0 Å². The van der Waals surface area contributed by atoms with Crippen LogP contribution in [0.3, 0.4) is 0 Å². The molecule has 2 rings (SSSR count). The molecule has 27 heavy (non-hydrogen) atoms. The molecule has 0 radical (unpaired) electrons. The van der Waals surface area contributed by atoms with Crippen LogP contribution in [-0.2, 0) is 0 Å². The number of aryl methyl sites for hydroxylation is 2. The van der Waals surface area contributed by atoms with Crippen LogP contribution in [0.2, 0.25) is 10.0 Å². The summed E-state index contributed by atoms with van der Waals surface area (Å²) in [6.07, 6.45) is 0. The van der Waals surface area contributed by atoms with E-state index in [-0.39, 0.29) is 38.1 Å². The third-order valence-corrected chi connectivity index (χ3v) is 3.89. The van der Waals surface area contributed by atoms with E-state index in [1.807, 2.05) is 6.07 Å². The van der Waals surface area contributed by atoms with E-state index in [4.69, 9.17) is 33.6 Å². The summed E-state index contributed by atoms with van der Waals surface area (Å²) in [5.41, 5.74) is 0.668. The zero-order valence-electron chi connectivity index (χ0n) is 13.9. The number of nitro benzene ring substituents is 2. The Hall–Kier alpha value is -3.22. The van der Waals surface area contributed by atoms with E-state index in [1.165, 1.54) is 25.1 Å². The van der Waals surface area contributed by atoms with E-state index >= 15 is 0 Å². The number of benzene rings is 2. The minimum Gasteiger partial charge on any atom is -0.478 e. The van der Waals surface area contributed by atoms with Gasteiger partial charge in [0.15, 0.2) is 0 Å². The van der Waals surface area contributed by atoms with Gasteiger partial charge in [0, 0.05) is 24.3 Å². The molecule has 0 amide bonds. The highest BCUT2D eigenvalue weighted by atomic mass is 35.5. The molecule has 0 spiro atoms. The van der Waals surface area contributed by atoms with Crippen LogP contribution in [-0.4, -0.2) is 20.9 Å². The van der Waals surface area contributed by atoms with Crippen molar-refractivity contribution in [2.24, 2.45) is 0 Å². The highest BCUT2D eigenvalue weighted by molar-refractivity contribution is 6.34. The second-order valence-electron chi connectivity index (χ2n) is 5.17. The molecule has 2 aromatic rings. The van der Waals surface area contributed by atoms with Crippen LogP contribution in [0.1, 0.15) is 27.0 Å². The summed E-state index contributed by atoms with van der Waals surface area (Å²) in [5, 5.41) is 38.1. The van der Waals surface area contributed by atoms with Crippen LogP contribution in [0, 0.1) is 45.4 Å². The van der Waals surface area contributed by atoms with Crippen molar-refractivity contribution >= 4 is 40.5 Å². The van der Waals surface area contributed by atoms with Crippen molar-refractivity contribution < 1.29 is 19.7 Å². The van der Waals surface area contributed by atoms with Gasteiger partial charge >= 0.3 is 5.97 Å². The van der Waals surface area contributed by atoms with Crippen molar-refractivity contribution in [3.8, 4) is 6.07 Å². The number of halogens is 2. The van der Waals surface area contributed by atoms with Gasteiger partial charge in [0.05, 0.1) is 31.0 Å². The van der Waals surface area contributed by atoms with E-state index < -0.39 is 15.8 Å². The second-order valence-corrected chi connectivity index (χ2v) is 5.98. The van der Waals surface area contributed by atoms with Crippen LogP contribution in [0.25, 0.3) is 0 Å². The fourth-order valence-corrected chi connectivity index (χ4v) is 2.72. The summed E-state index contributed by atoms with van der Waals surface area (Å²) in [5.74, 6) is -1.19. The summed E-state index contributed by atoms with van der Waals surface area (Å²) in [7, 11) is 0. The Labute approximate surface area is 162 Å². The highest BCUT2D eigenvalue weighted by Gasteiger charge is 2.17. The number of aromatic carboxylic acids is 1. The van der Waals surface area contributed by atoms with Gasteiger partial charge in [-0.1, -0.05) is 23.2 Å². The molecule has 0 unspecified atom stereocenters. The van der Waals surface area contributed by atoms with Crippen molar-refractivity contribution in [3.63, 3.8) is 0 Å². The predicted molar refractivity (Wildman–Crippen MR) is 97.4 cm³/mol. The van der Waals surface area contributed by atoms with Gasteiger partial charge < -0.3 is 5.11 Å². The first kappa shape index (κ1) is 21.8. The van der Waals surface area contributed by atoms with Crippen LogP contribution in [0.5, 0.6) is 0 Å². The molecule has 0 aliphatic carbocycles. The zero-order chi connectivity index (χ0) is 20.9. The first-order chi connectivity index (χ1) is 12.5. The Morgan fingerprint density at radius 1 is 1.00 bits per heavy atom. The van der Waals surface area contributed by atoms with Crippen molar-refractivity contribution in [1.29, 1.82) is 5.26 Å². The molecule has 2 aromatic carbocycles. The maximum Gasteiger partial charge on any atom is 0.337 e. The van der Waals surface area contributed by atoms with Crippen LogP contribution in [0.15, 0.2) is 24.3 Å². The first-order valence-corrected chi connectivity index (χ1v) is 7.77. The number of nitrogens with zero attached hydrogens (tertiary/aromatic N) is 3. The molecule has 0 heterocycles. The molecule has 0 aliphatic rings. The minimum atomic E-state index is -1.19. The van der Waals surface area contributed by atoms with Crippen LogP contribution < -0.4 is 0 Å². The third kappa shape index (κ3) is 5.37. The largest absolute Gasteiger partial charge is 0.478 e. The third-order valence-electron chi connectivity index (χ3n) is 3.29. The molecule has 0 bridgehead atoms. The molecule has 11 heteroatoms. The Morgan fingerprint density at radius 2 is 1.44 bits per heavy atom. The lowest BCUT2D eigenvalue weighted by Crippen LogP contribution is -2.02. The van der Waals surface area contributed by atoms with E-state index in [0.717, 1.165) is 6.07 Å². The number of carbonyl (C=O) groups is 1. The predicted octanol–water partition coefficient (Wildman–Crippen LogP) is 4.68. The summed E-state index contributed by atoms with van der Waals surface area (Å²) < 4.78 is 0. The standard InChI is InChI=1S/C8H5ClN2O2.C8H6ClNO4/c1-5-2-6(11(12)13)3-8(9)7(5)4-10;1-4-2-5(10(13)14)3-6(9)7(4)8(11)12/h2-3H,1H3;2-3H,1H3,(H,11,12). The maximum absolute atomic E-state index is 10.7. The highest BCUT2D eigenvalue weighted by Crippen LogP contribution is 2.26. The van der Waals surface area contributed by atoms with Gasteiger partial charge in [-0.2, -0.15) is 5.26 Å². The SMILES string of the molecule is Cc1cc([N+](=O)[O-])cc(Cl)c1C#N.Cc1cc([N+](=O)[O-])cc(Cl)c1C(=O)O. The fraction of sp³-hybridized carbons (Fsp3) is 0.125. The maximum atomic E-state index is 10.7. The molecule has 0 fully saturated rings. The number of nitriles is 1. The van der Waals surface area contributed by atoms with Gasteiger partial charge in [0.1, 0.15) is 6.07 Å². The number of rotatable bonds is 3. The molecule has 140 valence electrons. The molecule has 0 saturated carbocycles. The van der Waals surface area contributed by atoms with E-state index in [1.54, 1.807) is 6.92 Å². The Balaban J connectivity index is 0.000000271. The summed E-state index contributed by atoms with van der Waals surface area (Å²) >= 11 is 11.2. The average molecular weight is 412 g/mol. The van der Waals surface area contributed by atoms with Crippen molar-refractivity contribution in [1.82, 2.24) is 0 Å². The van der Waals surface area contributed by atoms with Gasteiger partial charge in [0.25, 0.3) is 11.4 Å². The van der Waals surface area contributed by atoms with Gasteiger partial charge in [-0.15, -0.1) is 0 Å². The number of non-ortho nitro benzene ring substituents is 2. The minimum absolute atomic E-state index is 0.0958. The lowest BCUT2D eigenvalue weighted by atomic mass is 10.1. The van der Waals surface area contributed by atoms with Gasteiger partial charge in [-0.05, 0) is 25.0 Å². The lowest BCUT2D eigenvalue weighted by molar-refractivity contribution is -0.385. The Kier molecular flexibility index (Phi) is 7.22. The lowest BCUT2D eigenvalue weighted by Gasteiger charge is -2.02. The smallest absolute Gasteiger partial charge is 0.337 e. The summed E-state index contributed by atoms with van der Waals surface area (Å²) in [6.45, 7) is 3.07. The monoisotopic (exact) mass is 411 g/mol. The average Bonchev–Trinajstić information content (AvgIpc) is 2.53. The molecule has 0 saturated heterocycles. The number of nitro groups is 2. The molecular formula is C16H11Cl2N3O6. The molecule has 9 nitrogen and oxygen atoms in total. The van der Waals surface area contributed by atoms with Gasteiger partial charge in [-0.3, -0.25) is 20.2 Å². The molecule has 1 N–H and O–H groups in total. The summed E-state index contributed by atoms with van der Waals surface area (Å²) in [6, 6.07) is 6.57. The topological polar surface area (TPSA) is 147 Å².